The lowest BCUT2D eigenvalue weighted by Crippen LogP contribution is -2.16. The van der Waals surface area contributed by atoms with Crippen LogP contribution in [0, 0.1) is 5.92 Å². The number of aromatic nitrogens is 3. The highest BCUT2D eigenvalue weighted by molar-refractivity contribution is 7.91. The van der Waals surface area contributed by atoms with Crippen LogP contribution < -0.4 is 4.74 Å². The maximum Gasteiger partial charge on any atom is 0.325 e. The van der Waals surface area contributed by atoms with Crippen LogP contribution in [-0.4, -0.2) is 45.8 Å². The molecule has 0 spiro atoms. The maximum atomic E-state index is 11.6. The van der Waals surface area contributed by atoms with Gasteiger partial charge in [0.15, 0.2) is 15.7 Å². The average Bonchev–Trinajstić information content (AvgIpc) is 3.09. The van der Waals surface area contributed by atoms with E-state index in [1.54, 1.807) is 12.1 Å². The molecular formula is C16H19N3O5S. The van der Waals surface area contributed by atoms with E-state index in [4.69, 9.17) is 9.84 Å². The van der Waals surface area contributed by atoms with Gasteiger partial charge >= 0.3 is 5.97 Å². The van der Waals surface area contributed by atoms with Crippen LogP contribution >= 0.6 is 0 Å². The number of nitrogens with zero attached hydrogens (tertiary/aromatic N) is 3. The van der Waals surface area contributed by atoms with Crippen molar-refractivity contribution in [3.8, 4) is 5.75 Å². The summed E-state index contributed by atoms with van der Waals surface area (Å²) in [5.74, 6) is 0.736. The van der Waals surface area contributed by atoms with Crippen LogP contribution in [-0.2, 0) is 34.2 Å². The van der Waals surface area contributed by atoms with E-state index in [0.29, 0.717) is 30.2 Å². The van der Waals surface area contributed by atoms with Crippen LogP contribution in [0.3, 0.4) is 0 Å². The van der Waals surface area contributed by atoms with Gasteiger partial charge in [-0.05, 0) is 24.5 Å². The van der Waals surface area contributed by atoms with E-state index in [1.165, 1.54) is 4.68 Å². The fraction of sp³-hybridized carbons (Fsp3) is 0.438. The number of aliphatic carboxylic acids is 1. The summed E-state index contributed by atoms with van der Waals surface area (Å²) in [6.45, 7) is -0.195. The zero-order chi connectivity index (χ0) is 17.9. The Kier molecular flexibility index (Phi) is 5.03. The van der Waals surface area contributed by atoms with E-state index in [-0.39, 0.29) is 30.6 Å². The quantitative estimate of drug-likeness (QED) is 0.776. The Labute approximate surface area is 145 Å². The SMILES string of the molecule is O=C(O)Cn1nc(COc2ccccc2)nc1C[C@H]1CCS(=O)(=O)C1. The summed E-state index contributed by atoms with van der Waals surface area (Å²) in [7, 11) is -2.99. The Balaban J connectivity index is 1.72. The second kappa shape index (κ2) is 7.22. The standard InChI is InChI=1S/C16H19N3O5S/c20-16(21)9-19-15(8-12-6-7-25(22,23)11-12)17-14(18-19)10-24-13-4-2-1-3-5-13/h1-5,12H,6-11H2,(H,20,21)/t12-/m1/s1. The van der Waals surface area contributed by atoms with E-state index in [2.05, 4.69) is 10.1 Å². The summed E-state index contributed by atoms with van der Waals surface area (Å²) < 4.78 is 30.1. The molecule has 0 aliphatic carbocycles. The maximum absolute atomic E-state index is 11.6. The predicted octanol–water partition coefficient (Wildman–Crippen LogP) is 0.919. The van der Waals surface area contributed by atoms with E-state index < -0.39 is 15.8 Å². The first-order valence-corrected chi connectivity index (χ1v) is 9.76. The predicted molar refractivity (Wildman–Crippen MR) is 88.9 cm³/mol. The molecule has 1 N–H and O–H groups in total. The van der Waals surface area contributed by atoms with Crippen molar-refractivity contribution in [2.45, 2.75) is 26.0 Å². The molecule has 1 aliphatic heterocycles. The minimum atomic E-state index is -2.99. The van der Waals surface area contributed by atoms with Crippen molar-refractivity contribution in [3.05, 3.63) is 42.0 Å². The van der Waals surface area contributed by atoms with Crippen LogP contribution in [0.4, 0.5) is 0 Å². The summed E-state index contributed by atoms with van der Waals surface area (Å²) >= 11 is 0. The Bertz CT molecular complexity index is 848. The molecule has 2 aromatic rings. The van der Waals surface area contributed by atoms with Gasteiger partial charge < -0.3 is 9.84 Å². The van der Waals surface area contributed by atoms with Crippen molar-refractivity contribution >= 4 is 15.8 Å². The molecule has 0 unspecified atom stereocenters. The number of carbonyl (C=O) groups is 1. The van der Waals surface area contributed by atoms with Gasteiger partial charge in [-0.3, -0.25) is 4.79 Å². The van der Waals surface area contributed by atoms with Gasteiger partial charge in [-0.2, -0.15) is 5.10 Å². The highest BCUT2D eigenvalue weighted by Crippen LogP contribution is 2.22. The van der Waals surface area contributed by atoms with E-state index in [9.17, 15) is 13.2 Å². The number of carboxylic acid groups (broad SMARTS) is 1. The third kappa shape index (κ3) is 4.79. The molecule has 25 heavy (non-hydrogen) atoms. The molecule has 1 aromatic heterocycles. The van der Waals surface area contributed by atoms with Crippen molar-refractivity contribution in [3.63, 3.8) is 0 Å². The number of ether oxygens (including phenoxy) is 1. The molecule has 1 atom stereocenters. The molecule has 0 amide bonds. The Morgan fingerprint density at radius 2 is 2.08 bits per heavy atom. The molecule has 1 aromatic carbocycles. The molecule has 1 fully saturated rings. The van der Waals surface area contributed by atoms with Crippen molar-refractivity contribution in [1.29, 1.82) is 0 Å². The summed E-state index contributed by atoms with van der Waals surface area (Å²) in [5.41, 5.74) is 0. The van der Waals surface area contributed by atoms with Crippen molar-refractivity contribution < 1.29 is 23.1 Å². The van der Waals surface area contributed by atoms with E-state index in [0.717, 1.165) is 0 Å². The lowest BCUT2D eigenvalue weighted by molar-refractivity contribution is -0.137. The van der Waals surface area contributed by atoms with Gasteiger partial charge in [-0.15, -0.1) is 0 Å². The third-order valence-corrected chi connectivity index (χ3v) is 5.82. The summed E-state index contributed by atoms with van der Waals surface area (Å²) in [6, 6.07) is 9.17. The van der Waals surface area contributed by atoms with Crippen molar-refractivity contribution in [2.75, 3.05) is 11.5 Å². The number of rotatable bonds is 7. The number of sulfone groups is 1. The zero-order valence-corrected chi connectivity index (χ0v) is 14.4. The lowest BCUT2D eigenvalue weighted by atomic mass is 10.1. The monoisotopic (exact) mass is 365 g/mol. The molecule has 2 heterocycles. The number of para-hydroxylation sites is 1. The van der Waals surface area contributed by atoms with E-state index in [1.807, 2.05) is 18.2 Å². The van der Waals surface area contributed by atoms with Gasteiger partial charge in [-0.25, -0.2) is 18.1 Å². The molecule has 3 rings (SSSR count). The van der Waals surface area contributed by atoms with Crippen LogP contribution in [0.25, 0.3) is 0 Å². The Morgan fingerprint density at radius 1 is 1.32 bits per heavy atom. The molecule has 1 saturated heterocycles. The molecule has 0 radical (unpaired) electrons. The normalized spacial score (nSPS) is 19.0. The molecule has 134 valence electrons. The van der Waals surface area contributed by atoms with Crippen molar-refractivity contribution in [1.82, 2.24) is 14.8 Å². The molecule has 0 saturated carbocycles. The van der Waals surface area contributed by atoms with Gasteiger partial charge in [0.1, 0.15) is 24.7 Å². The highest BCUT2D eigenvalue weighted by Gasteiger charge is 2.29. The number of benzene rings is 1. The fourth-order valence-electron chi connectivity index (χ4n) is 2.85. The number of carboxylic acids is 1. The van der Waals surface area contributed by atoms with Crippen molar-refractivity contribution in [2.24, 2.45) is 5.92 Å². The highest BCUT2D eigenvalue weighted by atomic mass is 32.2. The second-order valence-electron chi connectivity index (χ2n) is 6.07. The summed E-state index contributed by atoms with van der Waals surface area (Å²) in [4.78, 5) is 15.4. The fourth-order valence-corrected chi connectivity index (χ4v) is 4.71. The number of hydrogen-bond acceptors (Lipinski definition) is 6. The first kappa shape index (κ1) is 17.4. The molecule has 0 bridgehead atoms. The summed E-state index contributed by atoms with van der Waals surface area (Å²) in [5, 5.41) is 13.2. The van der Waals surface area contributed by atoms with Crippen LogP contribution in [0.5, 0.6) is 5.75 Å². The third-order valence-electron chi connectivity index (χ3n) is 3.99. The molecule has 1 aliphatic rings. The minimum absolute atomic E-state index is 0.0513. The lowest BCUT2D eigenvalue weighted by Gasteiger charge is -2.07. The first-order chi connectivity index (χ1) is 11.9. The van der Waals surface area contributed by atoms with E-state index >= 15 is 0 Å². The van der Waals surface area contributed by atoms with Gasteiger partial charge in [-0.1, -0.05) is 18.2 Å². The topological polar surface area (TPSA) is 111 Å². The molecule has 9 heteroatoms. The average molecular weight is 365 g/mol. The molecule has 8 nitrogen and oxygen atoms in total. The summed E-state index contributed by atoms with van der Waals surface area (Å²) in [6.07, 6.45) is 0.961. The van der Waals surface area contributed by atoms with Gasteiger partial charge in [0.2, 0.25) is 0 Å². The molecular weight excluding hydrogens is 346 g/mol. The largest absolute Gasteiger partial charge is 0.486 e. The zero-order valence-electron chi connectivity index (χ0n) is 13.5. The van der Waals surface area contributed by atoms with Crippen LogP contribution in [0.2, 0.25) is 0 Å². The Hall–Kier alpha value is -2.42. The van der Waals surface area contributed by atoms with Gasteiger partial charge in [0.25, 0.3) is 0 Å². The van der Waals surface area contributed by atoms with Crippen LogP contribution in [0.1, 0.15) is 18.1 Å². The smallest absolute Gasteiger partial charge is 0.325 e. The van der Waals surface area contributed by atoms with Gasteiger partial charge in [0, 0.05) is 6.42 Å². The number of hydrogen-bond donors (Lipinski definition) is 1. The minimum Gasteiger partial charge on any atom is -0.486 e. The van der Waals surface area contributed by atoms with Crippen LogP contribution in [0.15, 0.2) is 30.3 Å². The second-order valence-corrected chi connectivity index (χ2v) is 8.30. The first-order valence-electron chi connectivity index (χ1n) is 7.94. The Morgan fingerprint density at radius 3 is 2.72 bits per heavy atom. The van der Waals surface area contributed by atoms with Gasteiger partial charge in [0.05, 0.1) is 11.5 Å².